The van der Waals surface area contributed by atoms with E-state index < -0.39 is 0 Å². The van der Waals surface area contributed by atoms with Crippen LogP contribution in [0.1, 0.15) is 32.6 Å². The largest absolute Gasteiger partial charge is 0.322 e. The number of carbonyl (C=O) groups is 1. The Labute approximate surface area is 232 Å². The van der Waals surface area contributed by atoms with Crippen LogP contribution in [0, 0.1) is 0 Å². The monoisotopic (exact) mass is 515 g/mol. The van der Waals surface area contributed by atoms with E-state index in [1.807, 2.05) is 60.7 Å². The van der Waals surface area contributed by atoms with Gasteiger partial charge in [-0.1, -0.05) is 98.1 Å². The topological polar surface area (TPSA) is 35.6 Å². The number of likely N-dealkylation sites (N-methyl/N-ethyl adjacent to an activating group) is 2. The number of rotatable bonds is 12. The van der Waals surface area contributed by atoms with Gasteiger partial charge in [-0.05, 0) is 71.8 Å². The molecule has 0 saturated carbocycles. The molecular formula is C35H37N3O. The summed E-state index contributed by atoms with van der Waals surface area (Å²) in [5, 5.41) is 3.00. The first-order valence-electron chi connectivity index (χ1n) is 13.2. The van der Waals surface area contributed by atoms with Gasteiger partial charge in [-0.25, -0.2) is 0 Å². The van der Waals surface area contributed by atoms with Gasteiger partial charge in [0.1, 0.15) is 0 Å². The van der Waals surface area contributed by atoms with Crippen molar-refractivity contribution in [1.82, 2.24) is 9.80 Å². The van der Waals surface area contributed by atoms with E-state index in [2.05, 4.69) is 90.9 Å². The number of amides is 1. The lowest BCUT2D eigenvalue weighted by Gasteiger charge is -2.19. The molecule has 4 aromatic carbocycles. The van der Waals surface area contributed by atoms with Crippen LogP contribution in [0.15, 0.2) is 122 Å². The fourth-order valence-corrected chi connectivity index (χ4v) is 4.59. The minimum absolute atomic E-state index is 0.137. The summed E-state index contributed by atoms with van der Waals surface area (Å²) in [4.78, 5) is 17.3. The van der Waals surface area contributed by atoms with Crippen molar-refractivity contribution in [2.45, 2.75) is 13.1 Å². The molecule has 0 atom stereocenters. The second-order valence-electron chi connectivity index (χ2n) is 10.1. The van der Waals surface area contributed by atoms with Crippen LogP contribution in [-0.2, 0) is 13.1 Å². The van der Waals surface area contributed by atoms with Crippen LogP contribution in [0.3, 0.4) is 0 Å². The van der Waals surface area contributed by atoms with Crippen molar-refractivity contribution in [3.63, 3.8) is 0 Å². The molecule has 0 aliphatic carbocycles. The highest BCUT2D eigenvalue weighted by atomic mass is 16.1. The third kappa shape index (κ3) is 8.37. The molecule has 0 radical (unpaired) electrons. The van der Waals surface area contributed by atoms with Crippen LogP contribution in [0.2, 0.25) is 0 Å². The Balaban J connectivity index is 1.27. The highest BCUT2D eigenvalue weighted by Crippen LogP contribution is 2.20. The van der Waals surface area contributed by atoms with Crippen molar-refractivity contribution >= 4 is 22.7 Å². The molecule has 4 aromatic rings. The molecule has 4 nitrogen and oxygen atoms in total. The molecule has 1 N–H and O–H groups in total. The number of hydrogen-bond acceptors (Lipinski definition) is 3. The number of benzene rings is 4. The van der Waals surface area contributed by atoms with Gasteiger partial charge < -0.3 is 5.32 Å². The standard InChI is InChI=1S/C35H37N3O/c1-27(23-37(3)25-29-11-7-5-8-12-29)31-15-17-33(18-16-31)35(39)36-34-21-19-32(20-22-34)28(2)24-38(4)26-30-13-9-6-10-14-30/h5-22H,1-2,23-26H2,3-4H3,(H,36,39). The van der Waals surface area contributed by atoms with Crippen LogP contribution in [0.25, 0.3) is 11.1 Å². The normalized spacial score (nSPS) is 11.0. The lowest BCUT2D eigenvalue weighted by molar-refractivity contribution is 0.102. The predicted octanol–water partition coefficient (Wildman–Crippen LogP) is 7.23. The molecule has 198 valence electrons. The summed E-state index contributed by atoms with van der Waals surface area (Å²) in [6, 6.07) is 36.3. The number of hydrogen-bond donors (Lipinski definition) is 1. The maximum absolute atomic E-state index is 12.8. The number of anilines is 1. The Morgan fingerprint density at radius 1 is 0.590 bits per heavy atom. The third-order valence-corrected chi connectivity index (χ3v) is 6.62. The molecule has 0 aliphatic rings. The molecule has 0 aliphatic heterocycles. The van der Waals surface area contributed by atoms with Crippen molar-refractivity contribution in [3.8, 4) is 0 Å². The number of nitrogens with zero attached hydrogens (tertiary/aromatic N) is 2. The Morgan fingerprint density at radius 2 is 0.974 bits per heavy atom. The zero-order valence-corrected chi connectivity index (χ0v) is 22.9. The third-order valence-electron chi connectivity index (χ3n) is 6.62. The van der Waals surface area contributed by atoms with Gasteiger partial charge in [0.15, 0.2) is 0 Å². The van der Waals surface area contributed by atoms with Crippen LogP contribution < -0.4 is 5.32 Å². The van der Waals surface area contributed by atoms with Gasteiger partial charge in [0.05, 0.1) is 0 Å². The molecule has 0 unspecified atom stereocenters. The zero-order chi connectivity index (χ0) is 27.6. The van der Waals surface area contributed by atoms with E-state index in [1.165, 1.54) is 11.1 Å². The Kier molecular flexibility index (Phi) is 9.63. The van der Waals surface area contributed by atoms with Gasteiger partial charge >= 0.3 is 0 Å². The van der Waals surface area contributed by atoms with Crippen LogP contribution >= 0.6 is 0 Å². The van der Waals surface area contributed by atoms with E-state index in [1.54, 1.807) is 0 Å². The molecule has 0 heterocycles. The van der Waals surface area contributed by atoms with Gasteiger partial charge in [0.25, 0.3) is 5.91 Å². The molecule has 0 aromatic heterocycles. The van der Waals surface area contributed by atoms with Crippen molar-refractivity contribution in [1.29, 1.82) is 0 Å². The van der Waals surface area contributed by atoms with E-state index >= 15 is 0 Å². The first kappa shape index (κ1) is 27.8. The average Bonchev–Trinajstić information content (AvgIpc) is 2.94. The van der Waals surface area contributed by atoms with Gasteiger partial charge in [-0.15, -0.1) is 0 Å². The Morgan fingerprint density at radius 3 is 1.41 bits per heavy atom. The van der Waals surface area contributed by atoms with E-state index in [-0.39, 0.29) is 5.91 Å². The summed E-state index contributed by atoms with van der Waals surface area (Å²) in [7, 11) is 4.18. The van der Waals surface area contributed by atoms with Crippen LogP contribution in [0.4, 0.5) is 5.69 Å². The number of nitrogens with one attached hydrogen (secondary N) is 1. The SMILES string of the molecule is C=C(CN(C)Cc1ccccc1)c1ccc(NC(=O)c2ccc(C(=C)CN(C)Cc3ccccc3)cc2)cc1. The Hall–Kier alpha value is -4.25. The van der Waals surface area contributed by atoms with Gasteiger partial charge in [0.2, 0.25) is 0 Å². The van der Waals surface area contributed by atoms with Gasteiger partial charge in [-0.3, -0.25) is 14.6 Å². The molecule has 0 bridgehead atoms. The summed E-state index contributed by atoms with van der Waals surface area (Å²) in [5.74, 6) is -0.137. The second-order valence-corrected chi connectivity index (χ2v) is 10.1. The quantitative estimate of drug-likeness (QED) is 0.216. The first-order valence-corrected chi connectivity index (χ1v) is 13.2. The summed E-state index contributed by atoms with van der Waals surface area (Å²) in [5.41, 5.74) is 8.07. The summed E-state index contributed by atoms with van der Waals surface area (Å²) in [6.45, 7) is 11.8. The second kappa shape index (κ2) is 13.5. The molecular weight excluding hydrogens is 478 g/mol. The maximum atomic E-state index is 12.8. The average molecular weight is 516 g/mol. The molecule has 0 spiro atoms. The van der Waals surface area contributed by atoms with E-state index in [0.717, 1.165) is 54.1 Å². The fraction of sp³-hybridized carbons (Fsp3) is 0.171. The van der Waals surface area contributed by atoms with Crippen molar-refractivity contribution in [2.24, 2.45) is 0 Å². The first-order chi connectivity index (χ1) is 18.9. The van der Waals surface area contributed by atoms with Crippen LogP contribution in [-0.4, -0.2) is 42.9 Å². The molecule has 0 saturated heterocycles. The van der Waals surface area contributed by atoms with E-state index in [4.69, 9.17) is 0 Å². The van der Waals surface area contributed by atoms with Gasteiger partial charge in [0, 0.05) is 37.4 Å². The van der Waals surface area contributed by atoms with E-state index in [0.29, 0.717) is 5.56 Å². The predicted molar refractivity (Wildman–Crippen MR) is 164 cm³/mol. The fourth-order valence-electron chi connectivity index (χ4n) is 4.59. The zero-order valence-electron chi connectivity index (χ0n) is 22.9. The molecule has 4 rings (SSSR count). The van der Waals surface area contributed by atoms with Gasteiger partial charge in [-0.2, -0.15) is 0 Å². The summed E-state index contributed by atoms with van der Waals surface area (Å²) in [6.07, 6.45) is 0. The van der Waals surface area contributed by atoms with E-state index in [9.17, 15) is 4.79 Å². The minimum atomic E-state index is -0.137. The minimum Gasteiger partial charge on any atom is -0.322 e. The lowest BCUT2D eigenvalue weighted by Crippen LogP contribution is -2.20. The molecule has 0 fully saturated rings. The molecule has 1 amide bonds. The summed E-state index contributed by atoms with van der Waals surface area (Å²) < 4.78 is 0. The van der Waals surface area contributed by atoms with Crippen LogP contribution in [0.5, 0.6) is 0 Å². The lowest BCUT2D eigenvalue weighted by atomic mass is 10.0. The molecule has 4 heteroatoms. The summed E-state index contributed by atoms with van der Waals surface area (Å²) >= 11 is 0. The van der Waals surface area contributed by atoms with Crippen molar-refractivity contribution in [2.75, 3.05) is 32.5 Å². The maximum Gasteiger partial charge on any atom is 0.255 e. The van der Waals surface area contributed by atoms with Crippen molar-refractivity contribution < 1.29 is 4.79 Å². The molecule has 39 heavy (non-hydrogen) atoms. The van der Waals surface area contributed by atoms with Crippen molar-refractivity contribution in [3.05, 3.63) is 150 Å². The number of carbonyl (C=O) groups excluding carboxylic acids is 1. The highest BCUT2D eigenvalue weighted by Gasteiger charge is 2.10. The smallest absolute Gasteiger partial charge is 0.255 e. The Bertz CT molecular complexity index is 1380. The highest BCUT2D eigenvalue weighted by molar-refractivity contribution is 6.04.